The van der Waals surface area contributed by atoms with Crippen LogP contribution in [0.2, 0.25) is 0 Å². The monoisotopic (exact) mass is 595 g/mol. The van der Waals surface area contributed by atoms with Crippen molar-refractivity contribution in [3.05, 3.63) is 101 Å². The number of fused-ring (bicyclic) bond motifs is 1. The molecule has 1 amide bonds. The summed E-state index contributed by atoms with van der Waals surface area (Å²) in [5.41, 5.74) is 6.20. The Balaban J connectivity index is 0.00000144. The lowest BCUT2D eigenvalue weighted by atomic mass is 10.0. The number of pyridine rings is 1. The minimum Gasteiger partial charge on any atom is -0.364 e. The molecule has 0 atom stereocenters. The molecule has 0 unspecified atom stereocenters. The molecule has 10 heteroatoms. The van der Waals surface area contributed by atoms with Crippen LogP contribution in [0.3, 0.4) is 0 Å². The Kier molecular flexibility index (Phi) is 10.6. The summed E-state index contributed by atoms with van der Waals surface area (Å²) >= 11 is 3.42. The molecule has 1 aliphatic rings. The Bertz CT molecular complexity index is 1240. The Morgan fingerprint density at radius 1 is 0.914 bits per heavy atom. The van der Waals surface area contributed by atoms with Crippen LogP contribution < -0.4 is 4.90 Å². The molecular formula is C25H25BrCl3N5O. The van der Waals surface area contributed by atoms with E-state index in [2.05, 4.69) is 66.1 Å². The van der Waals surface area contributed by atoms with Crippen molar-refractivity contribution in [3.8, 4) is 11.1 Å². The third kappa shape index (κ3) is 6.55. The summed E-state index contributed by atoms with van der Waals surface area (Å²) < 4.78 is 0.797. The van der Waals surface area contributed by atoms with Crippen molar-refractivity contribution in [2.24, 2.45) is 0 Å². The summed E-state index contributed by atoms with van der Waals surface area (Å²) in [5, 5.41) is 0. The number of nitrogens with one attached hydrogen (secondary N) is 1. The van der Waals surface area contributed by atoms with Crippen molar-refractivity contribution in [2.75, 3.05) is 18.0 Å². The maximum absolute atomic E-state index is 13.3. The number of hydrogen-bond acceptors (Lipinski definition) is 4. The predicted octanol–water partition coefficient (Wildman–Crippen LogP) is 6.16. The first-order valence-corrected chi connectivity index (χ1v) is 11.3. The highest BCUT2D eigenvalue weighted by Gasteiger charge is 2.25. The number of aromatic nitrogens is 3. The van der Waals surface area contributed by atoms with Gasteiger partial charge in [0.25, 0.3) is 5.91 Å². The van der Waals surface area contributed by atoms with Gasteiger partial charge in [0.15, 0.2) is 0 Å². The van der Waals surface area contributed by atoms with Crippen molar-refractivity contribution in [3.63, 3.8) is 0 Å². The van der Waals surface area contributed by atoms with E-state index in [-0.39, 0.29) is 43.1 Å². The molecule has 1 aliphatic heterocycles. The number of nitrogens with zero attached hydrogens (tertiary/aromatic N) is 4. The zero-order valence-corrected chi connectivity index (χ0v) is 22.7. The van der Waals surface area contributed by atoms with E-state index in [0.29, 0.717) is 25.2 Å². The minimum atomic E-state index is -0.0155. The van der Waals surface area contributed by atoms with E-state index in [1.165, 1.54) is 0 Å². The number of amides is 1. The number of benzene rings is 2. The van der Waals surface area contributed by atoms with E-state index >= 15 is 0 Å². The third-order valence-electron chi connectivity index (χ3n) is 5.68. The number of hydrogen-bond donors (Lipinski definition) is 1. The van der Waals surface area contributed by atoms with Gasteiger partial charge in [-0.2, -0.15) is 0 Å². The van der Waals surface area contributed by atoms with E-state index < -0.39 is 0 Å². The molecule has 2 aromatic heterocycles. The molecule has 1 N–H and O–H groups in total. The van der Waals surface area contributed by atoms with Crippen LogP contribution in [-0.4, -0.2) is 38.8 Å². The molecule has 0 aliphatic carbocycles. The van der Waals surface area contributed by atoms with Crippen molar-refractivity contribution >= 4 is 64.7 Å². The van der Waals surface area contributed by atoms with Crippen LogP contribution in [0.1, 0.15) is 21.6 Å². The molecule has 0 radical (unpaired) electrons. The van der Waals surface area contributed by atoms with Gasteiger partial charge in [-0.05, 0) is 50.8 Å². The maximum atomic E-state index is 13.3. The van der Waals surface area contributed by atoms with Gasteiger partial charge in [0.05, 0.1) is 24.1 Å². The number of halogens is 4. The van der Waals surface area contributed by atoms with E-state index in [0.717, 1.165) is 39.1 Å². The number of imidazole rings is 1. The van der Waals surface area contributed by atoms with Gasteiger partial charge >= 0.3 is 0 Å². The molecule has 6 nitrogen and oxygen atoms in total. The first-order valence-electron chi connectivity index (χ1n) is 10.5. The number of rotatable bonds is 4. The number of carbonyl (C=O) groups excluding carboxylic acids is 1. The quantitative estimate of drug-likeness (QED) is 0.306. The van der Waals surface area contributed by atoms with Crippen molar-refractivity contribution < 1.29 is 4.79 Å². The van der Waals surface area contributed by atoms with Crippen molar-refractivity contribution in [2.45, 2.75) is 13.1 Å². The average Bonchev–Trinajstić information content (AvgIpc) is 3.27. The fraction of sp³-hybridized carbons (Fsp3) is 0.160. The topological polar surface area (TPSA) is 65.1 Å². The second kappa shape index (κ2) is 12.9. The maximum Gasteiger partial charge on any atom is 0.255 e. The molecule has 5 rings (SSSR count). The lowest BCUT2D eigenvalue weighted by Gasteiger charge is -2.24. The molecule has 2 aromatic carbocycles. The van der Waals surface area contributed by atoms with Crippen LogP contribution in [0.15, 0.2) is 84.0 Å². The van der Waals surface area contributed by atoms with Gasteiger partial charge in [0.1, 0.15) is 0 Å². The summed E-state index contributed by atoms with van der Waals surface area (Å²) in [6.07, 6.45) is 6.86. The highest BCUT2D eigenvalue weighted by molar-refractivity contribution is 9.10. The van der Waals surface area contributed by atoms with Gasteiger partial charge in [-0.3, -0.25) is 9.78 Å². The lowest BCUT2D eigenvalue weighted by Crippen LogP contribution is -2.35. The third-order valence-corrected chi connectivity index (χ3v) is 6.12. The Morgan fingerprint density at radius 2 is 1.71 bits per heavy atom. The second-order valence-corrected chi connectivity index (χ2v) is 8.74. The first-order chi connectivity index (χ1) is 15.7. The Hall–Kier alpha value is -2.58. The lowest BCUT2D eigenvalue weighted by molar-refractivity contribution is 0.0751. The van der Waals surface area contributed by atoms with Crippen LogP contribution in [-0.2, 0) is 13.1 Å². The molecule has 35 heavy (non-hydrogen) atoms. The molecule has 0 spiro atoms. The smallest absolute Gasteiger partial charge is 0.255 e. The molecule has 0 bridgehead atoms. The van der Waals surface area contributed by atoms with Gasteiger partial charge in [-0.25, -0.2) is 4.98 Å². The minimum absolute atomic E-state index is 0. The molecule has 4 aromatic rings. The van der Waals surface area contributed by atoms with Gasteiger partial charge in [-0.15, -0.1) is 37.2 Å². The number of aromatic amines is 1. The van der Waals surface area contributed by atoms with Gasteiger partial charge < -0.3 is 14.8 Å². The highest BCUT2D eigenvalue weighted by Crippen LogP contribution is 2.31. The van der Waals surface area contributed by atoms with Crippen LogP contribution in [0, 0.1) is 0 Å². The van der Waals surface area contributed by atoms with Gasteiger partial charge in [0, 0.05) is 48.4 Å². The van der Waals surface area contributed by atoms with E-state index in [1.54, 1.807) is 18.7 Å². The molecular weight excluding hydrogens is 573 g/mol. The van der Waals surface area contributed by atoms with E-state index in [4.69, 9.17) is 0 Å². The number of anilines is 1. The Morgan fingerprint density at radius 3 is 2.43 bits per heavy atom. The van der Waals surface area contributed by atoms with Crippen LogP contribution in [0.5, 0.6) is 0 Å². The predicted molar refractivity (Wildman–Crippen MR) is 150 cm³/mol. The highest BCUT2D eigenvalue weighted by atomic mass is 79.9. The largest absolute Gasteiger partial charge is 0.364 e. The van der Waals surface area contributed by atoms with Crippen molar-refractivity contribution in [1.29, 1.82) is 0 Å². The molecule has 0 saturated carbocycles. The number of H-pyrrole nitrogens is 1. The SMILES string of the molecule is Cl.Cl.Cl.O=C(c1cncc(Br)c1)N1CCN(Cc2cnc[nH]2)c2ccc(-c3ccccc3)cc2C1. The molecule has 3 heterocycles. The summed E-state index contributed by atoms with van der Waals surface area (Å²) in [6.45, 7) is 2.59. The van der Waals surface area contributed by atoms with Gasteiger partial charge in [-0.1, -0.05) is 36.4 Å². The summed E-state index contributed by atoms with van der Waals surface area (Å²) in [6, 6.07) is 18.7. The number of carbonyl (C=O) groups is 1. The van der Waals surface area contributed by atoms with Crippen LogP contribution in [0.4, 0.5) is 5.69 Å². The normalized spacial score (nSPS) is 12.4. The molecule has 0 saturated heterocycles. The summed E-state index contributed by atoms with van der Waals surface area (Å²) in [4.78, 5) is 29.1. The fourth-order valence-electron chi connectivity index (χ4n) is 4.10. The van der Waals surface area contributed by atoms with Crippen LogP contribution >= 0.6 is 53.2 Å². The van der Waals surface area contributed by atoms with Crippen LogP contribution in [0.25, 0.3) is 11.1 Å². The zero-order chi connectivity index (χ0) is 21.9. The zero-order valence-electron chi connectivity index (χ0n) is 18.6. The van der Waals surface area contributed by atoms with E-state index in [9.17, 15) is 4.79 Å². The molecule has 184 valence electrons. The van der Waals surface area contributed by atoms with Crippen molar-refractivity contribution in [1.82, 2.24) is 19.9 Å². The molecule has 0 fully saturated rings. The average molecular weight is 598 g/mol. The Labute approximate surface area is 231 Å². The second-order valence-electron chi connectivity index (χ2n) is 7.83. The fourth-order valence-corrected chi connectivity index (χ4v) is 4.47. The summed E-state index contributed by atoms with van der Waals surface area (Å²) in [5.74, 6) is -0.0155. The van der Waals surface area contributed by atoms with E-state index in [1.807, 2.05) is 35.4 Å². The standard InChI is InChI=1S/C25H22BrN5O.3ClH/c26-22-11-20(12-27-13-22)25(32)31-9-8-30(16-23-14-28-17-29-23)24-7-6-19(10-21(24)15-31)18-4-2-1-3-5-18;;;/h1-7,10-14,17H,8-9,15-16H2,(H,28,29);3*1H. The first kappa shape index (κ1) is 28.7. The van der Waals surface area contributed by atoms with Gasteiger partial charge in [0.2, 0.25) is 0 Å². The summed E-state index contributed by atoms with van der Waals surface area (Å²) in [7, 11) is 0.